The minimum Gasteiger partial charge on any atom is -0.494 e. The van der Waals surface area contributed by atoms with Gasteiger partial charge in [0.25, 0.3) is 0 Å². The second-order valence-electron chi connectivity index (χ2n) is 5.65. The van der Waals surface area contributed by atoms with Crippen molar-refractivity contribution in [1.29, 1.82) is 0 Å². The van der Waals surface area contributed by atoms with Crippen molar-refractivity contribution in [2.75, 3.05) is 19.7 Å². The highest BCUT2D eigenvalue weighted by Gasteiger charge is 2.29. The maximum Gasteiger partial charge on any atom is 0.307 e. The molecule has 1 aliphatic rings. The highest BCUT2D eigenvalue weighted by atomic mass is 16.5. The Bertz CT molecular complexity index is 444. The van der Waals surface area contributed by atoms with Gasteiger partial charge in [0.05, 0.1) is 12.5 Å². The third-order valence-corrected chi connectivity index (χ3v) is 3.73. The minimum atomic E-state index is -0.673. The molecule has 2 atom stereocenters. The number of nitrogens with zero attached hydrogens (tertiary/aromatic N) is 1. The minimum absolute atomic E-state index is 0.235. The molecule has 4 nitrogen and oxygen atoms in total. The van der Waals surface area contributed by atoms with Crippen molar-refractivity contribution >= 4 is 5.97 Å². The summed E-state index contributed by atoms with van der Waals surface area (Å²) in [5.41, 5.74) is 1.20. The summed E-state index contributed by atoms with van der Waals surface area (Å²) in [5, 5.41) is 9.19. The van der Waals surface area contributed by atoms with Crippen LogP contribution in [0, 0.1) is 11.8 Å². The van der Waals surface area contributed by atoms with E-state index in [1.807, 2.05) is 19.1 Å². The Hall–Kier alpha value is -1.55. The van der Waals surface area contributed by atoms with Crippen LogP contribution in [0.25, 0.3) is 0 Å². The van der Waals surface area contributed by atoms with Gasteiger partial charge in [-0.1, -0.05) is 19.1 Å². The fourth-order valence-corrected chi connectivity index (χ4v) is 2.89. The monoisotopic (exact) mass is 277 g/mol. The summed E-state index contributed by atoms with van der Waals surface area (Å²) in [4.78, 5) is 13.4. The van der Waals surface area contributed by atoms with Crippen LogP contribution in [0.4, 0.5) is 0 Å². The van der Waals surface area contributed by atoms with Gasteiger partial charge >= 0.3 is 5.97 Å². The molecule has 0 radical (unpaired) electrons. The van der Waals surface area contributed by atoms with E-state index >= 15 is 0 Å². The molecule has 1 aliphatic heterocycles. The molecule has 0 amide bonds. The third kappa shape index (κ3) is 3.97. The highest BCUT2D eigenvalue weighted by Crippen LogP contribution is 2.23. The van der Waals surface area contributed by atoms with Crippen molar-refractivity contribution in [3.63, 3.8) is 0 Å². The molecule has 110 valence electrons. The van der Waals surface area contributed by atoms with Crippen LogP contribution in [0.1, 0.15) is 25.8 Å². The number of piperidine rings is 1. The summed E-state index contributed by atoms with van der Waals surface area (Å²) in [6.07, 6.45) is 0.787. The maximum atomic E-state index is 11.2. The van der Waals surface area contributed by atoms with E-state index in [1.165, 1.54) is 5.56 Å². The first kappa shape index (κ1) is 14.9. The van der Waals surface area contributed by atoms with Gasteiger partial charge in [0, 0.05) is 19.6 Å². The summed E-state index contributed by atoms with van der Waals surface area (Å²) in [6, 6.07) is 8.06. The van der Waals surface area contributed by atoms with E-state index in [2.05, 4.69) is 24.0 Å². The number of aliphatic carboxylic acids is 1. The van der Waals surface area contributed by atoms with Gasteiger partial charge < -0.3 is 9.84 Å². The lowest BCUT2D eigenvalue weighted by molar-refractivity contribution is -0.144. The van der Waals surface area contributed by atoms with Crippen LogP contribution in [0.3, 0.4) is 0 Å². The number of likely N-dealkylation sites (tertiary alicyclic amines) is 1. The number of carbonyl (C=O) groups is 1. The Balaban J connectivity index is 1.96. The molecule has 1 aromatic rings. The van der Waals surface area contributed by atoms with Crippen LogP contribution in [0.5, 0.6) is 5.75 Å². The van der Waals surface area contributed by atoms with Crippen LogP contribution in [-0.4, -0.2) is 35.7 Å². The molecule has 0 saturated carbocycles. The zero-order valence-corrected chi connectivity index (χ0v) is 12.2. The number of rotatable bonds is 5. The molecule has 0 bridgehead atoms. The zero-order chi connectivity index (χ0) is 14.5. The van der Waals surface area contributed by atoms with Crippen molar-refractivity contribution < 1.29 is 14.6 Å². The molecule has 1 heterocycles. The van der Waals surface area contributed by atoms with E-state index in [1.54, 1.807) is 0 Å². The molecule has 20 heavy (non-hydrogen) atoms. The maximum absolute atomic E-state index is 11.2. The molecule has 1 saturated heterocycles. The third-order valence-electron chi connectivity index (χ3n) is 3.73. The average Bonchev–Trinajstić information content (AvgIpc) is 2.40. The molecule has 0 aromatic heterocycles. The number of hydrogen-bond donors (Lipinski definition) is 1. The molecule has 2 unspecified atom stereocenters. The standard InChI is InChI=1S/C16H23NO3/c1-3-20-15-6-4-13(5-7-15)10-17-9-12(2)8-14(11-17)16(18)19/h4-7,12,14H,3,8-11H2,1-2H3,(H,18,19). The van der Waals surface area contributed by atoms with Crippen molar-refractivity contribution in [2.24, 2.45) is 11.8 Å². The van der Waals surface area contributed by atoms with Gasteiger partial charge in [0.2, 0.25) is 0 Å². The van der Waals surface area contributed by atoms with Gasteiger partial charge in [-0.05, 0) is 37.0 Å². The van der Waals surface area contributed by atoms with Crippen molar-refractivity contribution in [3.8, 4) is 5.75 Å². The molecular formula is C16H23NO3. The molecule has 1 aromatic carbocycles. The summed E-state index contributed by atoms with van der Waals surface area (Å²) < 4.78 is 5.43. The van der Waals surface area contributed by atoms with E-state index in [0.717, 1.165) is 25.3 Å². The first-order valence-corrected chi connectivity index (χ1v) is 7.25. The van der Waals surface area contributed by atoms with E-state index < -0.39 is 5.97 Å². The van der Waals surface area contributed by atoms with Crippen LogP contribution in [0.15, 0.2) is 24.3 Å². The van der Waals surface area contributed by atoms with Crippen LogP contribution in [-0.2, 0) is 11.3 Å². The summed E-state index contributed by atoms with van der Waals surface area (Å²) >= 11 is 0. The second kappa shape index (κ2) is 6.75. The quantitative estimate of drug-likeness (QED) is 0.899. The lowest BCUT2D eigenvalue weighted by atomic mass is 9.90. The van der Waals surface area contributed by atoms with Gasteiger partial charge in [0.15, 0.2) is 0 Å². The Morgan fingerprint density at radius 3 is 2.65 bits per heavy atom. The Labute approximate surface area is 120 Å². The lowest BCUT2D eigenvalue weighted by Gasteiger charge is -2.34. The van der Waals surface area contributed by atoms with Gasteiger partial charge in [0.1, 0.15) is 5.75 Å². The van der Waals surface area contributed by atoms with Gasteiger partial charge in [-0.3, -0.25) is 9.69 Å². The molecule has 1 N–H and O–H groups in total. The molecule has 0 spiro atoms. The largest absolute Gasteiger partial charge is 0.494 e. The van der Waals surface area contributed by atoms with E-state index in [4.69, 9.17) is 4.74 Å². The van der Waals surface area contributed by atoms with Crippen molar-refractivity contribution in [1.82, 2.24) is 4.90 Å². The molecule has 4 heteroatoms. The van der Waals surface area contributed by atoms with Crippen LogP contribution in [0.2, 0.25) is 0 Å². The predicted molar refractivity (Wildman–Crippen MR) is 77.8 cm³/mol. The number of carboxylic acid groups (broad SMARTS) is 1. The second-order valence-corrected chi connectivity index (χ2v) is 5.65. The summed E-state index contributed by atoms with van der Waals surface area (Å²) in [5.74, 6) is 0.411. The van der Waals surface area contributed by atoms with Gasteiger partial charge in [-0.25, -0.2) is 0 Å². The lowest BCUT2D eigenvalue weighted by Crippen LogP contribution is -2.41. The average molecular weight is 277 g/mol. The fraction of sp³-hybridized carbons (Fsp3) is 0.562. The Morgan fingerprint density at radius 1 is 1.35 bits per heavy atom. The SMILES string of the molecule is CCOc1ccc(CN2CC(C)CC(C(=O)O)C2)cc1. The number of benzene rings is 1. The molecule has 1 fully saturated rings. The van der Waals surface area contributed by atoms with Crippen molar-refractivity contribution in [2.45, 2.75) is 26.8 Å². The first-order valence-electron chi connectivity index (χ1n) is 7.25. The molecule has 2 rings (SSSR count). The first-order chi connectivity index (χ1) is 9.58. The topological polar surface area (TPSA) is 49.8 Å². The Morgan fingerprint density at radius 2 is 2.05 bits per heavy atom. The Kier molecular flexibility index (Phi) is 5.01. The summed E-state index contributed by atoms with van der Waals surface area (Å²) in [7, 11) is 0. The van der Waals surface area contributed by atoms with Gasteiger partial charge in [-0.15, -0.1) is 0 Å². The highest BCUT2D eigenvalue weighted by molar-refractivity contribution is 5.70. The fourth-order valence-electron chi connectivity index (χ4n) is 2.89. The number of carboxylic acids is 1. The van der Waals surface area contributed by atoms with E-state index in [0.29, 0.717) is 19.1 Å². The van der Waals surface area contributed by atoms with Crippen molar-refractivity contribution in [3.05, 3.63) is 29.8 Å². The normalized spacial score (nSPS) is 23.5. The zero-order valence-electron chi connectivity index (χ0n) is 12.2. The van der Waals surface area contributed by atoms with Gasteiger partial charge in [-0.2, -0.15) is 0 Å². The molecule has 0 aliphatic carbocycles. The van der Waals surface area contributed by atoms with Crippen LogP contribution >= 0.6 is 0 Å². The number of hydrogen-bond acceptors (Lipinski definition) is 3. The van der Waals surface area contributed by atoms with E-state index in [9.17, 15) is 9.90 Å². The molecular weight excluding hydrogens is 254 g/mol. The summed E-state index contributed by atoms with van der Waals surface area (Å²) in [6.45, 7) is 7.18. The smallest absolute Gasteiger partial charge is 0.307 e. The predicted octanol–water partition coefficient (Wildman–Crippen LogP) is 2.63. The van der Waals surface area contributed by atoms with E-state index in [-0.39, 0.29) is 5.92 Å². The number of ether oxygens (including phenoxy) is 1. The van der Waals surface area contributed by atoms with Crippen LogP contribution < -0.4 is 4.74 Å².